The van der Waals surface area contributed by atoms with Gasteiger partial charge in [-0.15, -0.1) is 15.3 Å². The monoisotopic (exact) mass is 458 g/mol. The summed E-state index contributed by atoms with van der Waals surface area (Å²) in [4.78, 5) is 17.1. The molecule has 0 aliphatic heterocycles. The molecule has 0 amide bonds. The lowest BCUT2D eigenvalue weighted by molar-refractivity contribution is 0.144. The van der Waals surface area contributed by atoms with Gasteiger partial charge in [0.2, 0.25) is 5.82 Å². The van der Waals surface area contributed by atoms with Gasteiger partial charge in [0, 0.05) is 19.2 Å². The van der Waals surface area contributed by atoms with Crippen molar-refractivity contribution in [1.29, 1.82) is 0 Å². The molecule has 0 saturated carbocycles. The number of aromatic nitrogens is 8. The molecule has 0 atom stereocenters. The topological polar surface area (TPSA) is 136 Å². The van der Waals surface area contributed by atoms with Crippen LogP contribution in [0.2, 0.25) is 0 Å². The molecule has 0 radical (unpaired) electrons. The Morgan fingerprint density at radius 3 is 2.53 bits per heavy atom. The molecule has 0 unspecified atom stereocenters. The second-order valence-electron chi connectivity index (χ2n) is 7.62. The maximum absolute atomic E-state index is 12.6. The smallest absolute Gasteiger partial charge is 0.290 e. The highest BCUT2D eigenvalue weighted by molar-refractivity contribution is 5.81. The molecule has 0 spiro atoms. The van der Waals surface area contributed by atoms with Crippen LogP contribution in [0.15, 0.2) is 53.3 Å². The number of fused-ring (bicyclic) bond motifs is 1. The summed E-state index contributed by atoms with van der Waals surface area (Å²) in [5.74, 6) is 1.51. The highest BCUT2D eigenvalue weighted by Crippen LogP contribution is 2.30. The Hall–Kier alpha value is -4.38. The largest absolute Gasteiger partial charge is 0.473 e. The van der Waals surface area contributed by atoms with Crippen LogP contribution in [-0.4, -0.2) is 60.7 Å². The van der Waals surface area contributed by atoms with E-state index < -0.39 is 0 Å². The Labute approximate surface area is 193 Å². The van der Waals surface area contributed by atoms with Crippen molar-refractivity contribution in [3.05, 3.63) is 70.3 Å². The molecule has 0 fully saturated rings. The molecule has 2 aromatic carbocycles. The number of rotatable bonds is 8. The van der Waals surface area contributed by atoms with Crippen LogP contribution in [0, 0.1) is 6.92 Å². The molecule has 3 heterocycles. The Kier molecular flexibility index (Phi) is 5.83. The van der Waals surface area contributed by atoms with Gasteiger partial charge in [-0.25, -0.2) is 10.1 Å². The zero-order valence-electron chi connectivity index (χ0n) is 18.6. The minimum absolute atomic E-state index is 0.280. The number of ether oxygens (including phenoxy) is 2. The van der Waals surface area contributed by atoms with Gasteiger partial charge in [-0.2, -0.15) is 5.21 Å². The summed E-state index contributed by atoms with van der Waals surface area (Å²) >= 11 is 0. The van der Waals surface area contributed by atoms with Crippen molar-refractivity contribution in [3.63, 3.8) is 0 Å². The predicted octanol–water partition coefficient (Wildman–Crippen LogP) is 2.35. The summed E-state index contributed by atoms with van der Waals surface area (Å²) in [5, 5.41) is 20.9. The fourth-order valence-corrected chi connectivity index (χ4v) is 3.85. The lowest BCUT2D eigenvalue weighted by atomic mass is 9.98. The number of tetrazole rings is 1. The number of hydrogen-bond acceptors (Lipinski definition) is 8. The molecule has 172 valence electrons. The third kappa shape index (κ3) is 4.04. The minimum atomic E-state index is -0.319. The fourth-order valence-electron chi connectivity index (χ4n) is 3.85. The van der Waals surface area contributed by atoms with Crippen molar-refractivity contribution in [2.75, 3.05) is 20.3 Å². The Morgan fingerprint density at radius 2 is 1.79 bits per heavy atom. The van der Waals surface area contributed by atoms with Crippen molar-refractivity contribution in [2.24, 2.45) is 0 Å². The number of H-pyrrole nitrogens is 2. The van der Waals surface area contributed by atoms with E-state index in [9.17, 15) is 4.79 Å². The Bertz CT molecular complexity index is 1470. The Balaban J connectivity index is 1.45. The summed E-state index contributed by atoms with van der Waals surface area (Å²) < 4.78 is 12.5. The van der Waals surface area contributed by atoms with Crippen molar-refractivity contribution < 1.29 is 9.47 Å². The molecule has 3 aromatic heterocycles. The molecular formula is C23H22N8O3. The number of nitrogens with one attached hydrogen (secondary N) is 2. The summed E-state index contributed by atoms with van der Waals surface area (Å²) in [6, 6.07) is 16.0. The lowest BCUT2D eigenvalue weighted by Crippen LogP contribution is -2.15. The third-order valence-electron chi connectivity index (χ3n) is 5.48. The highest BCUT2D eigenvalue weighted by atomic mass is 16.5. The van der Waals surface area contributed by atoms with E-state index in [1.165, 1.54) is 0 Å². The van der Waals surface area contributed by atoms with Gasteiger partial charge in [-0.1, -0.05) is 48.5 Å². The van der Waals surface area contributed by atoms with Gasteiger partial charge in [0.15, 0.2) is 5.52 Å². The molecule has 11 heteroatoms. The van der Waals surface area contributed by atoms with Gasteiger partial charge < -0.3 is 14.0 Å². The van der Waals surface area contributed by atoms with Gasteiger partial charge in [-0.3, -0.25) is 4.79 Å². The van der Waals surface area contributed by atoms with E-state index in [-0.39, 0.29) is 11.4 Å². The molecular weight excluding hydrogens is 436 g/mol. The summed E-state index contributed by atoms with van der Waals surface area (Å²) in [6.07, 6.45) is 0. The normalized spacial score (nSPS) is 11.2. The second kappa shape index (κ2) is 9.24. The van der Waals surface area contributed by atoms with Crippen LogP contribution in [0.1, 0.15) is 11.4 Å². The van der Waals surface area contributed by atoms with Gasteiger partial charge in [0.05, 0.1) is 6.61 Å². The first kappa shape index (κ1) is 21.5. The number of methoxy groups -OCH3 is 1. The summed E-state index contributed by atoms with van der Waals surface area (Å²) in [7, 11) is 1.59. The summed E-state index contributed by atoms with van der Waals surface area (Å²) in [5.41, 5.74) is 4.46. The van der Waals surface area contributed by atoms with E-state index >= 15 is 0 Å². The zero-order valence-corrected chi connectivity index (χ0v) is 18.6. The van der Waals surface area contributed by atoms with Crippen molar-refractivity contribution in [2.45, 2.75) is 13.5 Å². The molecule has 0 aliphatic rings. The van der Waals surface area contributed by atoms with Gasteiger partial charge in [0.1, 0.15) is 17.9 Å². The average molecular weight is 458 g/mol. The van der Waals surface area contributed by atoms with Crippen molar-refractivity contribution in [3.8, 4) is 28.4 Å². The first-order valence-electron chi connectivity index (χ1n) is 10.6. The number of imidazole rings is 1. The van der Waals surface area contributed by atoms with Crippen LogP contribution in [0.25, 0.3) is 33.5 Å². The highest BCUT2D eigenvalue weighted by Gasteiger charge is 2.18. The van der Waals surface area contributed by atoms with Crippen LogP contribution in [0.4, 0.5) is 0 Å². The lowest BCUT2D eigenvalue weighted by Gasteiger charge is -2.10. The molecule has 0 bridgehead atoms. The second-order valence-corrected chi connectivity index (χ2v) is 7.62. The molecule has 34 heavy (non-hydrogen) atoms. The van der Waals surface area contributed by atoms with Gasteiger partial charge in [0.25, 0.3) is 11.4 Å². The molecule has 0 saturated heterocycles. The molecule has 11 nitrogen and oxygen atoms in total. The van der Waals surface area contributed by atoms with E-state index in [2.05, 4.69) is 35.8 Å². The van der Waals surface area contributed by atoms with Crippen LogP contribution in [0.3, 0.4) is 0 Å². The maximum atomic E-state index is 12.6. The van der Waals surface area contributed by atoms with Crippen LogP contribution >= 0.6 is 0 Å². The van der Waals surface area contributed by atoms with Gasteiger partial charge in [-0.05, 0) is 28.8 Å². The van der Waals surface area contributed by atoms with Crippen LogP contribution in [0.5, 0.6) is 5.88 Å². The predicted molar refractivity (Wildman–Crippen MR) is 124 cm³/mol. The maximum Gasteiger partial charge on any atom is 0.290 e. The average Bonchev–Trinajstić information content (AvgIpc) is 3.50. The molecule has 5 aromatic rings. The fraction of sp³-hybridized carbons (Fsp3) is 0.217. The van der Waals surface area contributed by atoms with E-state index in [4.69, 9.17) is 9.47 Å². The van der Waals surface area contributed by atoms with Crippen LogP contribution in [-0.2, 0) is 11.3 Å². The van der Waals surface area contributed by atoms with Crippen molar-refractivity contribution in [1.82, 2.24) is 40.4 Å². The Morgan fingerprint density at radius 1 is 1.00 bits per heavy atom. The zero-order chi connectivity index (χ0) is 23.5. The van der Waals surface area contributed by atoms with Crippen molar-refractivity contribution >= 4 is 11.0 Å². The van der Waals surface area contributed by atoms with E-state index in [1.807, 2.05) is 60.0 Å². The van der Waals surface area contributed by atoms with Crippen LogP contribution < -0.4 is 10.3 Å². The minimum Gasteiger partial charge on any atom is -0.473 e. The van der Waals surface area contributed by atoms with E-state index in [0.29, 0.717) is 42.4 Å². The summed E-state index contributed by atoms with van der Waals surface area (Å²) in [6.45, 7) is 3.04. The molecule has 2 N–H and O–H groups in total. The number of aromatic amines is 2. The van der Waals surface area contributed by atoms with E-state index in [1.54, 1.807) is 7.11 Å². The standard InChI is InChI=1S/C23H22N8O3/c1-14-24-19-20(22(32)27-28-23(19)34-12-11-33-2)31(14)13-15-7-9-16(10-8-15)17-5-3-4-6-18(17)21-25-29-30-26-21/h3-10H,11-13H2,1-2H3,(H,27,32)(H,25,26,29,30). The first-order valence-corrected chi connectivity index (χ1v) is 10.6. The SMILES string of the molecule is COCCOc1n[nH]c(=O)c2c1nc(C)n2Cc1ccc(-c2ccccc2-c2nn[nH]n2)cc1. The number of benzene rings is 2. The third-order valence-corrected chi connectivity index (χ3v) is 5.48. The molecule has 5 rings (SSSR count). The quantitative estimate of drug-likeness (QED) is 0.338. The number of nitrogens with zero attached hydrogens (tertiary/aromatic N) is 6. The van der Waals surface area contributed by atoms with E-state index in [0.717, 1.165) is 22.3 Å². The van der Waals surface area contributed by atoms with Gasteiger partial charge >= 0.3 is 0 Å². The number of hydrogen-bond donors (Lipinski definition) is 2. The molecule has 0 aliphatic carbocycles. The number of aryl methyl sites for hydroxylation is 1. The first-order chi connectivity index (χ1) is 16.7.